The number of aromatic nitrogens is 3. The van der Waals surface area contributed by atoms with E-state index < -0.39 is 0 Å². The SMILES string of the molecule is Cc1nc2sc3c(c2c2nc(NC(C)(C)C)n(-c4ccccc4)c(=O)c12)CCCC3. The molecule has 154 valence electrons. The summed E-state index contributed by atoms with van der Waals surface area (Å²) in [6, 6.07) is 9.72. The van der Waals surface area contributed by atoms with Crippen LogP contribution in [0.25, 0.3) is 26.8 Å². The molecule has 5 rings (SSSR count). The maximum Gasteiger partial charge on any atom is 0.269 e. The van der Waals surface area contributed by atoms with Crippen LogP contribution in [0.4, 0.5) is 5.95 Å². The Kier molecular flexibility index (Phi) is 4.43. The summed E-state index contributed by atoms with van der Waals surface area (Å²) in [7, 11) is 0. The molecule has 1 aliphatic carbocycles. The molecule has 30 heavy (non-hydrogen) atoms. The number of nitrogens with zero attached hydrogens (tertiary/aromatic N) is 3. The van der Waals surface area contributed by atoms with E-state index in [0.717, 1.165) is 40.0 Å². The molecule has 0 atom stereocenters. The number of aryl methyl sites for hydroxylation is 3. The summed E-state index contributed by atoms with van der Waals surface area (Å²) >= 11 is 1.77. The van der Waals surface area contributed by atoms with E-state index in [9.17, 15) is 4.79 Å². The lowest BCUT2D eigenvalue weighted by Gasteiger charge is -2.24. The van der Waals surface area contributed by atoms with Crippen LogP contribution >= 0.6 is 11.3 Å². The molecule has 1 N–H and O–H groups in total. The molecule has 1 aromatic carbocycles. The Morgan fingerprint density at radius 3 is 2.50 bits per heavy atom. The third-order valence-corrected chi connectivity index (χ3v) is 6.79. The Morgan fingerprint density at radius 2 is 1.77 bits per heavy atom. The first-order valence-corrected chi connectivity index (χ1v) is 11.4. The van der Waals surface area contributed by atoms with Crippen molar-refractivity contribution in [1.82, 2.24) is 14.5 Å². The monoisotopic (exact) mass is 418 g/mol. The van der Waals surface area contributed by atoms with Crippen molar-refractivity contribution in [2.24, 2.45) is 0 Å². The van der Waals surface area contributed by atoms with Crippen LogP contribution in [0, 0.1) is 6.92 Å². The van der Waals surface area contributed by atoms with E-state index in [4.69, 9.17) is 9.97 Å². The average Bonchev–Trinajstić information content (AvgIpc) is 3.05. The van der Waals surface area contributed by atoms with Gasteiger partial charge in [0.1, 0.15) is 4.83 Å². The summed E-state index contributed by atoms with van der Waals surface area (Å²) in [5.74, 6) is 0.578. The van der Waals surface area contributed by atoms with E-state index in [1.165, 1.54) is 23.3 Å². The molecule has 0 spiro atoms. The normalized spacial score (nSPS) is 14.3. The number of anilines is 1. The molecule has 0 fully saturated rings. The number of pyridine rings is 1. The molecular weight excluding hydrogens is 392 g/mol. The maximum atomic E-state index is 13.8. The molecule has 4 aromatic rings. The molecule has 1 aliphatic rings. The lowest BCUT2D eigenvalue weighted by molar-refractivity contribution is 0.621. The van der Waals surface area contributed by atoms with Crippen LogP contribution in [-0.4, -0.2) is 20.1 Å². The minimum Gasteiger partial charge on any atom is -0.351 e. The Hall–Kier alpha value is -2.73. The topological polar surface area (TPSA) is 59.8 Å². The van der Waals surface area contributed by atoms with Gasteiger partial charge in [0.25, 0.3) is 5.56 Å². The molecule has 0 saturated carbocycles. The van der Waals surface area contributed by atoms with E-state index in [0.29, 0.717) is 11.3 Å². The van der Waals surface area contributed by atoms with Crippen LogP contribution in [0.15, 0.2) is 35.1 Å². The van der Waals surface area contributed by atoms with Gasteiger partial charge in [-0.3, -0.25) is 4.79 Å². The summed E-state index contributed by atoms with van der Waals surface area (Å²) in [4.78, 5) is 26.2. The molecule has 0 bridgehead atoms. The average molecular weight is 419 g/mol. The van der Waals surface area contributed by atoms with E-state index in [2.05, 4.69) is 26.1 Å². The first kappa shape index (κ1) is 19.2. The predicted octanol–water partition coefficient (Wildman–Crippen LogP) is 5.39. The van der Waals surface area contributed by atoms with Gasteiger partial charge in [-0.1, -0.05) is 18.2 Å². The summed E-state index contributed by atoms with van der Waals surface area (Å²) < 4.78 is 1.69. The number of thiophene rings is 1. The van der Waals surface area contributed by atoms with E-state index in [1.807, 2.05) is 37.3 Å². The largest absolute Gasteiger partial charge is 0.351 e. The van der Waals surface area contributed by atoms with Crippen molar-refractivity contribution in [2.75, 3.05) is 5.32 Å². The highest BCUT2D eigenvalue weighted by atomic mass is 32.1. The van der Waals surface area contributed by atoms with Gasteiger partial charge in [0, 0.05) is 15.8 Å². The Morgan fingerprint density at radius 1 is 1.03 bits per heavy atom. The highest BCUT2D eigenvalue weighted by molar-refractivity contribution is 7.19. The zero-order chi connectivity index (χ0) is 21.0. The third-order valence-electron chi connectivity index (χ3n) is 5.61. The number of hydrogen-bond acceptors (Lipinski definition) is 5. The van der Waals surface area contributed by atoms with Crippen molar-refractivity contribution in [2.45, 2.75) is 58.9 Å². The molecule has 6 heteroatoms. The van der Waals surface area contributed by atoms with E-state index in [-0.39, 0.29) is 11.1 Å². The summed E-state index contributed by atoms with van der Waals surface area (Å²) in [6.07, 6.45) is 4.55. The van der Waals surface area contributed by atoms with Crippen LogP contribution in [-0.2, 0) is 12.8 Å². The lowest BCUT2D eigenvalue weighted by atomic mass is 9.96. The number of rotatable bonds is 2. The molecule has 5 nitrogen and oxygen atoms in total. The first-order valence-electron chi connectivity index (χ1n) is 10.5. The van der Waals surface area contributed by atoms with Crippen molar-refractivity contribution < 1.29 is 0 Å². The second kappa shape index (κ2) is 6.91. The summed E-state index contributed by atoms with van der Waals surface area (Å²) in [6.45, 7) is 8.17. The molecule has 0 amide bonds. The van der Waals surface area contributed by atoms with Crippen LogP contribution in [0.1, 0.15) is 49.7 Å². The van der Waals surface area contributed by atoms with Gasteiger partial charge < -0.3 is 5.32 Å². The third kappa shape index (κ3) is 3.10. The molecule has 0 saturated heterocycles. The Balaban J connectivity index is 1.92. The Bertz CT molecular complexity index is 1330. The number of para-hydroxylation sites is 1. The van der Waals surface area contributed by atoms with Gasteiger partial charge in [0.15, 0.2) is 0 Å². The van der Waals surface area contributed by atoms with Crippen LogP contribution in [0.3, 0.4) is 0 Å². The van der Waals surface area contributed by atoms with Crippen molar-refractivity contribution in [1.29, 1.82) is 0 Å². The molecular formula is C24H26N4OS. The number of benzene rings is 1. The fraction of sp³-hybridized carbons (Fsp3) is 0.375. The van der Waals surface area contributed by atoms with Gasteiger partial charge in [-0.2, -0.15) is 0 Å². The highest BCUT2D eigenvalue weighted by Crippen LogP contribution is 2.39. The van der Waals surface area contributed by atoms with Crippen molar-refractivity contribution in [3.8, 4) is 5.69 Å². The second-order valence-electron chi connectivity index (χ2n) is 9.10. The number of nitrogens with one attached hydrogen (secondary N) is 1. The van der Waals surface area contributed by atoms with E-state index >= 15 is 0 Å². The standard InChI is InChI=1S/C24H26N4OS/c1-14-18-20(19-16-12-8-9-13-17(16)30-21(19)25-14)26-23(27-24(2,3)4)28(22(18)29)15-10-6-5-7-11-15/h5-7,10-11H,8-9,12-13H2,1-4H3,(H,26,27). The molecule has 0 unspecified atom stereocenters. The lowest BCUT2D eigenvalue weighted by Crippen LogP contribution is -2.32. The van der Waals surface area contributed by atoms with Crippen LogP contribution in [0.5, 0.6) is 0 Å². The molecule has 0 aliphatic heterocycles. The van der Waals surface area contributed by atoms with E-state index in [1.54, 1.807) is 15.9 Å². The van der Waals surface area contributed by atoms with Crippen molar-refractivity contribution in [3.63, 3.8) is 0 Å². The zero-order valence-electron chi connectivity index (χ0n) is 17.9. The van der Waals surface area contributed by atoms with Gasteiger partial charge in [-0.05, 0) is 71.1 Å². The number of fused-ring (bicyclic) bond motifs is 5. The Labute approximate surface area is 179 Å². The molecule has 3 heterocycles. The van der Waals surface area contributed by atoms with Gasteiger partial charge in [-0.15, -0.1) is 11.3 Å². The summed E-state index contributed by atoms with van der Waals surface area (Å²) in [5.41, 5.74) is 3.39. The second-order valence-corrected chi connectivity index (χ2v) is 10.2. The smallest absolute Gasteiger partial charge is 0.269 e. The van der Waals surface area contributed by atoms with Gasteiger partial charge in [0.05, 0.1) is 22.3 Å². The predicted molar refractivity (Wildman–Crippen MR) is 125 cm³/mol. The molecule has 3 aromatic heterocycles. The van der Waals surface area contributed by atoms with Gasteiger partial charge in [0.2, 0.25) is 5.95 Å². The minimum absolute atomic E-state index is 0.0689. The highest BCUT2D eigenvalue weighted by Gasteiger charge is 2.25. The fourth-order valence-electron chi connectivity index (χ4n) is 4.35. The van der Waals surface area contributed by atoms with Gasteiger partial charge >= 0.3 is 0 Å². The summed E-state index contributed by atoms with van der Waals surface area (Å²) in [5, 5.41) is 5.18. The van der Waals surface area contributed by atoms with Crippen LogP contribution in [0.2, 0.25) is 0 Å². The van der Waals surface area contributed by atoms with Crippen molar-refractivity contribution in [3.05, 3.63) is 56.8 Å². The molecule has 0 radical (unpaired) electrons. The fourth-order valence-corrected chi connectivity index (χ4v) is 5.66. The van der Waals surface area contributed by atoms with Crippen molar-refractivity contribution >= 4 is 38.4 Å². The minimum atomic E-state index is -0.237. The first-order chi connectivity index (χ1) is 14.3. The van der Waals surface area contributed by atoms with Gasteiger partial charge in [-0.25, -0.2) is 14.5 Å². The van der Waals surface area contributed by atoms with Crippen LogP contribution < -0.4 is 10.9 Å². The quantitative estimate of drug-likeness (QED) is 0.474. The zero-order valence-corrected chi connectivity index (χ0v) is 18.7. The number of hydrogen-bond donors (Lipinski definition) is 1. The maximum absolute atomic E-state index is 13.8.